The average molecular weight is 452 g/mol. The average Bonchev–Trinajstić information content (AvgIpc) is 3.04. The van der Waals surface area contributed by atoms with Gasteiger partial charge in [0.05, 0.1) is 6.61 Å². The minimum absolute atomic E-state index is 0. The quantitative estimate of drug-likeness (QED) is 0.393. The Kier molecular flexibility index (Phi) is 9.95. The van der Waals surface area contributed by atoms with Crippen LogP contribution in [0.3, 0.4) is 0 Å². The lowest BCUT2D eigenvalue weighted by molar-refractivity contribution is -0.132. The minimum Gasteiger partial charge on any atom is -0.381 e. The highest BCUT2D eigenvalue weighted by Gasteiger charge is 2.21. The number of carbonyl (C=O) groups excluding carboxylic acids is 1. The molecule has 0 bridgehead atoms. The third-order valence-corrected chi connectivity index (χ3v) is 4.76. The standard InChI is InChI=1S/C17H32N4O2.HI/c1-14-5-4-9-21(11-14)16(22)6-8-19-17(18-2)20(3)12-15-7-10-23-13-15;/h14-15H,4-13H2,1-3H3,(H,18,19);1H. The second-order valence-electron chi connectivity index (χ2n) is 6.92. The predicted molar refractivity (Wildman–Crippen MR) is 108 cm³/mol. The smallest absolute Gasteiger partial charge is 0.224 e. The first-order chi connectivity index (χ1) is 11.1. The lowest BCUT2D eigenvalue weighted by atomic mass is 10.00. The maximum Gasteiger partial charge on any atom is 0.224 e. The maximum absolute atomic E-state index is 12.3. The molecule has 0 aromatic rings. The van der Waals surface area contributed by atoms with Gasteiger partial charge in [-0.05, 0) is 25.2 Å². The van der Waals surface area contributed by atoms with E-state index in [9.17, 15) is 4.79 Å². The first-order valence-electron chi connectivity index (χ1n) is 8.87. The van der Waals surface area contributed by atoms with Gasteiger partial charge in [-0.25, -0.2) is 0 Å². The number of hydrogen-bond acceptors (Lipinski definition) is 3. The van der Waals surface area contributed by atoms with Crippen molar-refractivity contribution in [3.05, 3.63) is 0 Å². The fourth-order valence-corrected chi connectivity index (χ4v) is 3.44. The molecule has 2 rings (SSSR count). The predicted octanol–water partition coefficient (Wildman–Crippen LogP) is 1.80. The molecule has 140 valence electrons. The van der Waals surface area contributed by atoms with Crippen molar-refractivity contribution in [1.29, 1.82) is 0 Å². The summed E-state index contributed by atoms with van der Waals surface area (Å²) in [5.74, 6) is 2.33. The van der Waals surface area contributed by atoms with E-state index in [0.29, 0.717) is 24.8 Å². The Balaban J connectivity index is 0.00000288. The first kappa shape index (κ1) is 21.5. The maximum atomic E-state index is 12.3. The number of nitrogens with zero attached hydrogens (tertiary/aromatic N) is 3. The summed E-state index contributed by atoms with van der Waals surface area (Å²) in [5.41, 5.74) is 0. The zero-order chi connectivity index (χ0) is 16.7. The van der Waals surface area contributed by atoms with Crippen LogP contribution in [0.2, 0.25) is 0 Å². The van der Waals surface area contributed by atoms with Gasteiger partial charge in [-0.2, -0.15) is 0 Å². The molecular weight excluding hydrogens is 419 g/mol. The molecule has 2 unspecified atom stereocenters. The zero-order valence-corrected chi connectivity index (χ0v) is 17.6. The van der Waals surface area contributed by atoms with Crippen LogP contribution in [0.5, 0.6) is 0 Å². The second-order valence-corrected chi connectivity index (χ2v) is 6.92. The Hall–Kier alpha value is -0.570. The van der Waals surface area contributed by atoms with Crippen molar-refractivity contribution in [2.45, 2.75) is 32.6 Å². The highest BCUT2D eigenvalue weighted by Crippen LogP contribution is 2.16. The molecule has 1 N–H and O–H groups in total. The molecule has 24 heavy (non-hydrogen) atoms. The van der Waals surface area contributed by atoms with Gasteiger partial charge in [-0.1, -0.05) is 6.92 Å². The van der Waals surface area contributed by atoms with Crippen molar-refractivity contribution >= 4 is 35.8 Å². The van der Waals surface area contributed by atoms with E-state index in [1.54, 1.807) is 7.05 Å². The lowest BCUT2D eigenvalue weighted by Gasteiger charge is -2.31. The number of nitrogens with one attached hydrogen (secondary N) is 1. The van der Waals surface area contributed by atoms with Gasteiger partial charge in [0.25, 0.3) is 0 Å². The molecule has 2 aliphatic heterocycles. The van der Waals surface area contributed by atoms with Gasteiger partial charge >= 0.3 is 0 Å². The number of guanidine groups is 1. The number of ether oxygens (including phenoxy) is 1. The van der Waals surface area contributed by atoms with Gasteiger partial charge in [-0.15, -0.1) is 24.0 Å². The molecule has 0 aliphatic carbocycles. The van der Waals surface area contributed by atoms with E-state index >= 15 is 0 Å². The van der Waals surface area contributed by atoms with Crippen LogP contribution in [-0.2, 0) is 9.53 Å². The van der Waals surface area contributed by atoms with Crippen molar-refractivity contribution in [3.63, 3.8) is 0 Å². The van der Waals surface area contributed by atoms with Gasteiger partial charge < -0.3 is 19.9 Å². The van der Waals surface area contributed by atoms with Crippen molar-refractivity contribution in [2.75, 3.05) is 53.5 Å². The lowest BCUT2D eigenvalue weighted by Crippen LogP contribution is -2.44. The van der Waals surface area contributed by atoms with Gasteiger partial charge in [0, 0.05) is 59.2 Å². The fraction of sp³-hybridized carbons (Fsp3) is 0.882. The molecule has 2 aliphatic rings. The summed E-state index contributed by atoms with van der Waals surface area (Å²) >= 11 is 0. The monoisotopic (exact) mass is 452 g/mol. The minimum atomic E-state index is 0. The summed E-state index contributed by atoms with van der Waals surface area (Å²) in [6.07, 6.45) is 4.03. The van der Waals surface area contributed by atoms with Crippen LogP contribution < -0.4 is 5.32 Å². The summed E-state index contributed by atoms with van der Waals surface area (Å²) in [4.78, 5) is 20.7. The molecule has 2 saturated heterocycles. The van der Waals surface area contributed by atoms with E-state index < -0.39 is 0 Å². The SMILES string of the molecule is CN=C(NCCC(=O)N1CCCC(C)C1)N(C)CC1CCOC1.I. The van der Waals surface area contributed by atoms with Gasteiger partial charge in [0.2, 0.25) is 5.91 Å². The molecule has 0 saturated carbocycles. The third kappa shape index (κ3) is 6.74. The highest BCUT2D eigenvalue weighted by molar-refractivity contribution is 14.0. The summed E-state index contributed by atoms with van der Waals surface area (Å²) < 4.78 is 5.42. The van der Waals surface area contributed by atoms with E-state index in [0.717, 1.165) is 51.6 Å². The van der Waals surface area contributed by atoms with E-state index in [2.05, 4.69) is 22.1 Å². The zero-order valence-electron chi connectivity index (χ0n) is 15.3. The Morgan fingerprint density at radius 3 is 2.83 bits per heavy atom. The second kappa shape index (κ2) is 11.1. The Labute approximate surface area is 163 Å². The van der Waals surface area contributed by atoms with Gasteiger partial charge in [0.15, 0.2) is 5.96 Å². The van der Waals surface area contributed by atoms with E-state index in [-0.39, 0.29) is 29.9 Å². The largest absolute Gasteiger partial charge is 0.381 e. The normalized spacial score (nSPS) is 24.5. The van der Waals surface area contributed by atoms with Crippen LogP contribution in [0.4, 0.5) is 0 Å². The number of carbonyl (C=O) groups is 1. The molecule has 0 aromatic carbocycles. The summed E-state index contributed by atoms with van der Waals surface area (Å²) in [6.45, 7) is 7.34. The molecule has 0 spiro atoms. The first-order valence-corrected chi connectivity index (χ1v) is 8.87. The number of aliphatic imine (C=N–C) groups is 1. The summed E-state index contributed by atoms with van der Waals surface area (Å²) in [7, 11) is 3.83. The van der Waals surface area contributed by atoms with Gasteiger partial charge in [-0.3, -0.25) is 9.79 Å². The molecule has 7 heteroatoms. The molecule has 2 heterocycles. The van der Waals surface area contributed by atoms with Crippen LogP contribution in [0, 0.1) is 11.8 Å². The van der Waals surface area contributed by atoms with Crippen molar-refractivity contribution in [1.82, 2.24) is 15.1 Å². The summed E-state index contributed by atoms with van der Waals surface area (Å²) in [6, 6.07) is 0. The van der Waals surface area contributed by atoms with E-state index in [1.807, 2.05) is 11.9 Å². The van der Waals surface area contributed by atoms with Crippen LogP contribution in [0.1, 0.15) is 32.6 Å². The van der Waals surface area contributed by atoms with Crippen LogP contribution in [0.25, 0.3) is 0 Å². The number of rotatable bonds is 5. The topological polar surface area (TPSA) is 57.2 Å². The van der Waals surface area contributed by atoms with Crippen LogP contribution in [-0.4, -0.2) is 75.2 Å². The van der Waals surface area contributed by atoms with E-state index in [4.69, 9.17) is 4.74 Å². The fourth-order valence-electron chi connectivity index (χ4n) is 3.44. The molecule has 6 nitrogen and oxygen atoms in total. The number of amides is 1. The Bertz CT molecular complexity index is 413. The van der Waals surface area contributed by atoms with Crippen LogP contribution in [0.15, 0.2) is 4.99 Å². The van der Waals surface area contributed by atoms with Crippen molar-refractivity contribution < 1.29 is 9.53 Å². The summed E-state index contributed by atoms with van der Waals surface area (Å²) in [5, 5.41) is 3.31. The molecule has 1 amide bonds. The molecule has 2 atom stereocenters. The molecular formula is C17H33IN4O2. The number of halogens is 1. The molecule has 0 aromatic heterocycles. The number of hydrogen-bond donors (Lipinski definition) is 1. The van der Waals surface area contributed by atoms with Gasteiger partial charge in [0.1, 0.15) is 0 Å². The molecule has 2 fully saturated rings. The Morgan fingerprint density at radius 1 is 1.42 bits per heavy atom. The van der Waals surface area contributed by atoms with Crippen LogP contribution >= 0.6 is 24.0 Å². The third-order valence-electron chi connectivity index (χ3n) is 4.76. The van der Waals surface area contributed by atoms with Crippen molar-refractivity contribution in [2.24, 2.45) is 16.8 Å². The highest BCUT2D eigenvalue weighted by atomic mass is 127. The van der Waals surface area contributed by atoms with E-state index in [1.165, 1.54) is 6.42 Å². The Morgan fingerprint density at radius 2 is 2.21 bits per heavy atom. The van der Waals surface area contributed by atoms with Crippen molar-refractivity contribution in [3.8, 4) is 0 Å². The molecule has 0 radical (unpaired) electrons. The number of likely N-dealkylation sites (tertiary alicyclic amines) is 1. The number of piperidine rings is 1.